The Kier molecular flexibility index (Phi) is 5.75. The SMILES string of the molecule is CCNC(CC)c1cccc(S(=O)(=O)N2CCOCC2)c1. The summed E-state index contributed by atoms with van der Waals surface area (Å²) in [5.74, 6) is 0. The van der Waals surface area contributed by atoms with E-state index in [1.54, 1.807) is 12.1 Å². The van der Waals surface area contributed by atoms with E-state index >= 15 is 0 Å². The van der Waals surface area contributed by atoms with Crippen LogP contribution in [0.3, 0.4) is 0 Å². The standard InChI is InChI=1S/C15H24N2O3S/c1-3-15(16-4-2)13-6-5-7-14(12-13)21(18,19)17-8-10-20-11-9-17/h5-7,12,15-16H,3-4,8-11H2,1-2H3. The summed E-state index contributed by atoms with van der Waals surface area (Å²) in [4.78, 5) is 0.373. The summed E-state index contributed by atoms with van der Waals surface area (Å²) in [6.07, 6.45) is 0.925. The molecule has 1 aliphatic rings. The summed E-state index contributed by atoms with van der Waals surface area (Å²) < 4.78 is 32.0. The molecule has 1 fully saturated rings. The second-order valence-electron chi connectivity index (χ2n) is 5.11. The van der Waals surface area contributed by atoms with Crippen LogP contribution in [0.4, 0.5) is 0 Å². The molecule has 1 atom stereocenters. The summed E-state index contributed by atoms with van der Waals surface area (Å²) in [5.41, 5.74) is 1.02. The lowest BCUT2D eigenvalue weighted by atomic mass is 10.0. The topological polar surface area (TPSA) is 58.6 Å². The van der Waals surface area contributed by atoms with Crippen LogP contribution in [-0.2, 0) is 14.8 Å². The van der Waals surface area contributed by atoms with Gasteiger partial charge in [0.05, 0.1) is 18.1 Å². The van der Waals surface area contributed by atoms with E-state index in [1.807, 2.05) is 12.1 Å². The van der Waals surface area contributed by atoms with E-state index in [0.717, 1.165) is 18.5 Å². The fourth-order valence-corrected chi connectivity index (χ4v) is 4.04. The minimum Gasteiger partial charge on any atom is -0.379 e. The van der Waals surface area contributed by atoms with Crippen LogP contribution in [-0.4, -0.2) is 45.6 Å². The van der Waals surface area contributed by atoms with Gasteiger partial charge in [-0.25, -0.2) is 8.42 Å². The van der Waals surface area contributed by atoms with Crippen LogP contribution in [0.15, 0.2) is 29.2 Å². The molecule has 21 heavy (non-hydrogen) atoms. The normalized spacial score (nSPS) is 18.6. The molecule has 0 aliphatic carbocycles. The molecule has 118 valence electrons. The largest absolute Gasteiger partial charge is 0.379 e. The van der Waals surface area contributed by atoms with E-state index in [0.29, 0.717) is 31.2 Å². The Labute approximate surface area is 127 Å². The number of morpholine rings is 1. The van der Waals surface area contributed by atoms with Gasteiger partial charge in [-0.05, 0) is 30.7 Å². The summed E-state index contributed by atoms with van der Waals surface area (Å²) >= 11 is 0. The number of benzene rings is 1. The Morgan fingerprint density at radius 1 is 1.29 bits per heavy atom. The van der Waals surface area contributed by atoms with Crippen LogP contribution < -0.4 is 5.32 Å². The van der Waals surface area contributed by atoms with Crippen molar-refractivity contribution in [2.24, 2.45) is 0 Å². The van der Waals surface area contributed by atoms with Gasteiger partial charge >= 0.3 is 0 Å². The van der Waals surface area contributed by atoms with Crippen molar-refractivity contribution in [2.45, 2.75) is 31.2 Å². The van der Waals surface area contributed by atoms with E-state index in [9.17, 15) is 8.42 Å². The van der Waals surface area contributed by atoms with Gasteiger partial charge in [0.1, 0.15) is 0 Å². The van der Waals surface area contributed by atoms with Gasteiger partial charge in [0.2, 0.25) is 10.0 Å². The lowest BCUT2D eigenvalue weighted by Crippen LogP contribution is -2.40. The summed E-state index contributed by atoms with van der Waals surface area (Å²) in [5, 5.41) is 3.38. The zero-order chi connectivity index (χ0) is 15.3. The number of hydrogen-bond acceptors (Lipinski definition) is 4. The van der Waals surface area contributed by atoms with Gasteiger partial charge in [-0.1, -0.05) is 26.0 Å². The van der Waals surface area contributed by atoms with Crippen molar-refractivity contribution >= 4 is 10.0 Å². The lowest BCUT2D eigenvalue weighted by molar-refractivity contribution is 0.0730. The minimum atomic E-state index is -3.42. The number of hydrogen-bond donors (Lipinski definition) is 1. The third kappa shape index (κ3) is 3.83. The number of sulfonamides is 1. The van der Waals surface area contributed by atoms with Gasteiger partial charge in [-0.3, -0.25) is 0 Å². The number of rotatable bonds is 6. The first-order valence-corrected chi connectivity index (χ1v) is 8.94. The van der Waals surface area contributed by atoms with Gasteiger partial charge in [-0.2, -0.15) is 4.31 Å². The number of nitrogens with one attached hydrogen (secondary N) is 1. The zero-order valence-electron chi connectivity index (χ0n) is 12.7. The van der Waals surface area contributed by atoms with Gasteiger partial charge in [0.15, 0.2) is 0 Å². The van der Waals surface area contributed by atoms with E-state index < -0.39 is 10.0 Å². The number of ether oxygens (including phenoxy) is 1. The highest BCUT2D eigenvalue weighted by molar-refractivity contribution is 7.89. The third-order valence-corrected chi connectivity index (χ3v) is 5.62. The molecule has 0 saturated carbocycles. The molecule has 0 radical (unpaired) electrons. The van der Waals surface area contributed by atoms with Crippen molar-refractivity contribution in [1.82, 2.24) is 9.62 Å². The molecule has 6 heteroatoms. The molecule has 1 saturated heterocycles. The van der Waals surface area contributed by atoms with Crippen molar-refractivity contribution in [3.05, 3.63) is 29.8 Å². The molecule has 1 unspecified atom stereocenters. The van der Waals surface area contributed by atoms with E-state index in [-0.39, 0.29) is 6.04 Å². The molecule has 0 amide bonds. The zero-order valence-corrected chi connectivity index (χ0v) is 13.5. The Bertz CT molecular complexity index is 554. The smallest absolute Gasteiger partial charge is 0.243 e. The maximum Gasteiger partial charge on any atom is 0.243 e. The molecule has 5 nitrogen and oxygen atoms in total. The molecule has 1 heterocycles. The Morgan fingerprint density at radius 3 is 2.62 bits per heavy atom. The van der Waals surface area contributed by atoms with Crippen molar-refractivity contribution in [3.63, 3.8) is 0 Å². The fraction of sp³-hybridized carbons (Fsp3) is 0.600. The molecule has 2 rings (SSSR count). The fourth-order valence-electron chi connectivity index (χ4n) is 2.57. The first-order valence-electron chi connectivity index (χ1n) is 7.50. The van der Waals surface area contributed by atoms with Crippen LogP contribution in [0.25, 0.3) is 0 Å². The van der Waals surface area contributed by atoms with Crippen molar-refractivity contribution < 1.29 is 13.2 Å². The molecule has 0 spiro atoms. The van der Waals surface area contributed by atoms with Crippen molar-refractivity contribution in [1.29, 1.82) is 0 Å². The predicted molar refractivity (Wildman–Crippen MR) is 82.7 cm³/mol. The second kappa shape index (κ2) is 7.35. The maximum atomic E-state index is 12.7. The first kappa shape index (κ1) is 16.4. The van der Waals surface area contributed by atoms with Crippen LogP contribution in [0.5, 0.6) is 0 Å². The highest BCUT2D eigenvalue weighted by Gasteiger charge is 2.26. The molecule has 1 N–H and O–H groups in total. The molecule has 1 aliphatic heterocycles. The molecular weight excluding hydrogens is 288 g/mol. The lowest BCUT2D eigenvalue weighted by Gasteiger charge is -2.26. The molecular formula is C15H24N2O3S. The van der Waals surface area contributed by atoms with Crippen LogP contribution in [0.2, 0.25) is 0 Å². The predicted octanol–water partition coefficient (Wildman–Crippen LogP) is 1.77. The van der Waals surface area contributed by atoms with Gasteiger partial charge < -0.3 is 10.1 Å². The average molecular weight is 312 g/mol. The highest BCUT2D eigenvalue weighted by atomic mass is 32.2. The third-order valence-electron chi connectivity index (χ3n) is 3.73. The molecule has 1 aromatic carbocycles. The minimum absolute atomic E-state index is 0.190. The van der Waals surface area contributed by atoms with Crippen LogP contribution >= 0.6 is 0 Å². The Balaban J connectivity index is 2.27. The molecule has 1 aromatic rings. The maximum absolute atomic E-state index is 12.7. The second-order valence-corrected chi connectivity index (χ2v) is 7.05. The van der Waals surface area contributed by atoms with Crippen molar-refractivity contribution in [3.8, 4) is 0 Å². The van der Waals surface area contributed by atoms with E-state index in [4.69, 9.17) is 4.74 Å². The Hall–Kier alpha value is -0.950. The quantitative estimate of drug-likeness (QED) is 0.870. The van der Waals surface area contributed by atoms with Gasteiger partial charge in [-0.15, -0.1) is 0 Å². The summed E-state index contributed by atoms with van der Waals surface area (Å²) in [6, 6.07) is 7.46. The molecule has 0 bridgehead atoms. The van der Waals surface area contributed by atoms with Gasteiger partial charge in [0, 0.05) is 19.1 Å². The highest BCUT2D eigenvalue weighted by Crippen LogP contribution is 2.23. The number of nitrogens with zero attached hydrogens (tertiary/aromatic N) is 1. The van der Waals surface area contributed by atoms with E-state index in [2.05, 4.69) is 19.2 Å². The monoisotopic (exact) mass is 312 g/mol. The van der Waals surface area contributed by atoms with E-state index in [1.165, 1.54) is 4.31 Å². The van der Waals surface area contributed by atoms with Crippen LogP contribution in [0.1, 0.15) is 31.9 Å². The average Bonchev–Trinajstić information content (AvgIpc) is 2.53. The van der Waals surface area contributed by atoms with Crippen LogP contribution in [0, 0.1) is 0 Å². The van der Waals surface area contributed by atoms with Crippen molar-refractivity contribution in [2.75, 3.05) is 32.8 Å². The Morgan fingerprint density at radius 2 is 2.00 bits per heavy atom. The molecule has 0 aromatic heterocycles. The summed E-state index contributed by atoms with van der Waals surface area (Å²) in [6.45, 7) is 6.79. The van der Waals surface area contributed by atoms with Gasteiger partial charge in [0.25, 0.3) is 0 Å². The first-order chi connectivity index (χ1) is 10.1. The summed E-state index contributed by atoms with van der Waals surface area (Å²) in [7, 11) is -3.42.